The third-order valence-electron chi connectivity index (χ3n) is 2.96. The fourth-order valence-electron chi connectivity index (χ4n) is 1.97. The first kappa shape index (κ1) is 13.6. The Morgan fingerprint density at radius 1 is 1.14 bits per heavy atom. The fourth-order valence-corrected chi connectivity index (χ4v) is 2.16. The summed E-state index contributed by atoms with van der Waals surface area (Å²) < 4.78 is 11.0. The second-order valence-corrected chi connectivity index (χ2v) is 4.90. The highest BCUT2D eigenvalue weighted by atomic mass is 32.1. The molecule has 0 saturated carbocycles. The van der Waals surface area contributed by atoms with Gasteiger partial charge in [-0.3, -0.25) is 4.98 Å². The molecule has 1 aliphatic rings. The quantitative estimate of drug-likeness (QED) is 0.849. The molecule has 108 valence electrons. The number of benzene rings is 1. The zero-order valence-corrected chi connectivity index (χ0v) is 12.2. The van der Waals surface area contributed by atoms with Crippen molar-refractivity contribution in [3.63, 3.8) is 0 Å². The molecule has 21 heavy (non-hydrogen) atoms. The van der Waals surface area contributed by atoms with Gasteiger partial charge in [0.15, 0.2) is 16.6 Å². The lowest BCUT2D eigenvalue weighted by atomic mass is 10.2. The molecule has 0 radical (unpaired) electrons. The smallest absolute Gasteiger partial charge is 0.171 e. The summed E-state index contributed by atoms with van der Waals surface area (Å²) in [6, 6.07) is 11.4. The van der Waals surface area contributed by atoms with Crippen molar-refractivity contribution in [2.75, 3.05) is 18.5 Å². The Labute approximate surface area is 128 Å². The summed E-state index contributed by atoms with van der Waals surface area (Å²) in [5.74, 6) is 1.50. The van der Waals surface area contributed by atoms with E-state index in [0.29, 0.717) is 24.9 Å². The maximum Gasteiger partial charge on any atom is 0.171 e. The summed E-state index contributed by atoms with van der Waals surface area (Å²) in [6.07, 6.45) is 1.76. The summed E-state index contributed by atoms with van der Waals surface area (Å²) in [5.41, 5.74) is 1.79. The maximum atomic E-state index is 5.54. The molecule has 0 amide bonds. The first-order valence-corrected chi connectivity index (χ1v) is 7.06. The van der Waals surface area contributed by atoms with Gasteiger partial charge in [0.05, 0.1) is 12.2 Å². The third kappa shape index (κ3) is 3.61. The lowest BCUT2D eigenvalue weighted by Crippen LogP contribution is -2.28. The van der Waals surface area contributed by atoms with Crippen molar-refractivity contribution in [3.05, 3.63) is 48.3 Å². The fraction of sp³-hybridized carbons (Fsp3) is 0.200. The van der Waals surface area contributed by atoms with E-state index >= 15 is 0 Å². The van der Waals surface area contributed by atoms with E-state index in [1.165, 1.54) is 0 Å². The van der Waals surface area contributed by atoms with Crippen molar-refractivity contribution in [3.8, 4) is 11.5 Å². The van der Waals surface area contributed by atoms with Gasteiger partial charge >= 0.3 is 0 Å². The average Bonchev–Trinajstić information content (AvgIpc) is 2.54. The first-order chi connectivity index (χ1) is 10.3. The van der Waals surface area contributed by atoms with Crippen LogP contribution in [0.2, 0.25) is 0 Å². The predicted molar refractivity (Wildman–Crippen MR) is 84.7 cm³/mol. The zero-order chi connectivity index (χ0) is 14.5. The van der Waals surface area contributed by atoms with E-state index in [0.717, 1.165) is 22.9 Å². The molecule has 0 unspecified atom stereocenters. The lowest BCUT2D eigenvalue weighted by Gasteiger charge is -2.19. The van der Waals surface area contributed by atoms with Gasteiger partial charge in [-0.1, -0.05) is 6.07 Å². The largest absolute Gasteiger partial charge is 0.486 e. The molecule has 1 aromatic heterocycles. The van der Waals surface area contributed by atoms with E-state index in [1.807, 2.05) is 36.4 Å². The van der Waals surface area contributed by atoms with Crippen molar-refractivity contribution in [2.24, 2.45) is 0 Å². The summed E-state index contributed by atoms with van der Waals surface area (Å²) in [6.45, 7) is 1.74. The van der Waals surface area contributed by atoms with Gasteiger partial charge in [0.25, 0.3) is 0 Å². The Hall–Kier alpha value is -2.34. The van der Waals surface area contributed by atoms with Gasteiger partial charge in [-0.05, 0) is 36.5 Å². The summed E-state index contributed by atoms with van der Waals surface area (Å²) in [7, 11) is 0. The molecular weight excluding hydrogens is 286 g/mol. The van der Waals surface area contributed by atoms with E-state index in [9.17, 15) is 0 Å². The summed E-state index contributed by atoms with van der Waals surface area (Å²) in [4.78, 5) is 4.23. The molecule has 2 heterocycles. The highest BCUT2D eigenvalue weighted by molar-refractivity contribution is 7.80. The minimum absolute atomic E-state index is 0.539. The molecule has 5 nitrogen and oxygen atoms in total. The number of aromatic nitrogens is 1. The molecule has 3 rings (SSSR count). The lowest BCUT2D eigenvalue weighted by molar-refractivity contribution is 0.171. The molecule has 0 fully saturated rings. The molecule has 0 spiro atoms. The van der Waals surface area contributed by atoms with Gasteiger partial charge in [0.2, 0.25) is 0 Å². The van der Waals surface area contributed by atoms with Crippen LogP contribution in [0.5, 0.6) is 11.5 Å². The van der Waals surface area contributed by atoms with E-state index < -0.39 is 0 Å². The number of fused-ring (bicyclic) bond motifs is 1. The number of rotatable bonds is 3. The minimum Gasteiger partial charge on any atom is -0.486 e. The van der Waals surface area contributed by atoms with Gasteiger partial charge in [-0.15, -0.1) is 0 Å². The van der Waals surface area contributed by atoms with E-state index in [1.54, 1.807) is 6.20 Å². The maximum absolute atomic E-state index is 5.54. The molecule has 6 heteroatoms. The number of hydrogen-bond donors (Lipinski definition) is 2. The Kier molecular flexibility index (Phi) is 4.16. The number of nitrogens with one attached hydrogen (secondary N) is 2. The standard InChI is InChI=1S/C15H15N3O2S/c21-15(17-10-12-3-1-2-6-16-12)18-11-4-5-13-14(9-11)20-8-7-19-13/h1-6,9H,7-8,10H2,(H2,17,18,21). The van der Waals surface area contributed by atoms with Crippen LogP contribution in [0.15, 0.2) is 42.6 Å². The van der Waals surface area contributed by atoms with E-state index in [4.69, 9.17) is 21.7 Å². The zero-order valence-electron chi connectivity index (χ0n) is 11.3. The number of thiocarbonyl (C=S) groups is 1. The van der Waals surface area contributed by atoms with Gasteiger partial charge in [-0.2, -0.15) is 0 Å². The van der Waals surface area contributed by atoms with Crippen LogP contribution in [0.4, 0.5) is 5.69 Å². The Bertz CT molecular complexity index is 634. The van der Waals surface area contributed by atoms with Crippen molar-refractivity contribution in [2.45, 2.75) is 6.54 Å². The summed E-state index contributed by atoms with van der Waals surface area (Å²) >= 11 is 5.27. The van der Waals surface area contributed by atoms with E-state index in [2.05, 4.69) is 15.6 Å². The number of anilines is 1. The van der Waals surface area contributed by atoms with Crippen molar-refractivity contribution in [1.82, 2.24) is 10.3 Å². The normalized spacial score (nSPS) is 12.6. The Balaban J connectivity index is 1.57. The van der Waals surface area contributed by atoms with Gasteiger partial charge in [0.1, 0.15) is 13.2 Å². The molecule has 0 atom stereocenters. The van der Waals surface area contributed by atoms with Crippen molar-refractivity contribution in [1.29, 1.82) is 0 Å². The number of pyridine rings is 1. The molecule has 1 aliphatic heterocycles. The molecule has 1 aromatic carbocycles. The van der Waals surface area contributed by atoms with Crippen LogP contribution in [0.1, 0.15) is 5.69 Å². The molecule has 2 aromatic rings. The van der Waals surface area contributed by atoms with Crippen LogP contribution >= 0.6 is 12.2 Å². The second-order valence-electron chi connectivity index (χ2n) is 4.49. The van der Waals surface area contributed by atoms with Gasteiger partial charge in [-0.25, -0.2) is 0 Å². The topological polar surface area (TPSA) is 55.4 Å². The monoisotopic (exact) mass is 301 g/mol. The minimum atomic E-state index is 0.539. The molecule has 2 N–H and O–H groups in total. The van der Waals surface area contributed by atoms with Crippen LogP contribution < -0.4 is 20.1 Å². The average molecular weight is 301 g/mol. The van der Waals surface area contributed by atoms with Crippen LogP contribution in [-0.4, -0.2) is 23.3 Å². The van der Waals surface area contributed by atoms with Crippen molar-refractivity contribution < 1.29 is 9.47 Å². The Morgan fingerprint density at radius 3 is 2.81 bits per heavy atom. The van der Waals surface area contributed by atoms with Crippen LogP contribution in [0, 0.1) is 0 Å². The van der Waals surface area contributed by atoms with Crippen LogP contribution in [-0.2, 0) is 6.54 Å². The second kappa shape index (κ2) is 6.41. The first-order valence-electron chi connectivity index (χ1n) is 6.66. The third-order valence-corrected chi connectivity index (χ3v) is 3.20. The van der Waals surface area contributed by atoms with E-state index in [-0.39, 0.29) is 0 Å². The van der Waals surface area contributed by atoms with Crippen LogP contribution in [0.3, 0.4) is 0 Å². The predicted octanol–water partition coefficient (Wildman–Crippen LogP) is 2.34. The molecule has 0 saturated heterocycles. The van der Waals surface area contributed by atoms with Crippen LogP contribution in [0.25, 0.3) is 0 Å². The molecule has 0 aliphatic carbocycles. The number of ether oxygens (including phenoxy) is 2. The van der Waals surface area contributed by atoms with Gasteiger partial charge < -0.3 is 20.1 Å². The summed E-state index contributed by atoms with van der Waals surface area (Å²) in [5, 5.41) is 6.77. The molecule has 0 bridgehead atoms. The number of nitrogens with zero attached hydrogens (tertiary/aromatic N) is 1. The van der Waals surface area contributed by atoms with Gasteiger partial charge in [0, 0.05) is 18.0 Å². The molecular formula is C15H15N3O2S. The Morgan fingerprint density at radius 2 is 2.00 bits per heavy atom. The highest BCUT2D eigenvalue weighted by Gasteiger charge is 2.11. The highest BCUT2D eigenvalue weighted by Crippen LogP contribution is 2.32. The number of hydrogen-bond acceptors (Lipinski definition) is 4. The van der Waals surface area contributed by atoms with Crippen molar-refractivity contribution >= 4 is 23.0 Å². The SMILES string of the molecule is S=C(NCc1ccccn1)Nc1ccc2c(c1)OCCO2.